The topological polar surface area (TPSA) is 52.1 Å². The van der Waals surface area contributed by atoms with Crippen molar-refractivity contribution >= 4 is 17.3 Å². The molecule has 2 aromatic rings. The molecular weight excluding hydrogens is 248 g/mol. The van der Waals surface area contributed by atoms with Gasteiger partial charge < -0.3 is 4.74 Å². The second kappa shape index (κ2) is 6.26. The van der Waals surface area contributed by atoms with Crippen LogP contribution in [0.5, 0.6) is 0 Å². The Morgan fingerprint density at radius 1 is 1.39 bits per heavy atom. The first-order chi connectivity index (χ1) is 8.79. The lowest BCUT2D eigenvalue weighted by molar-refractivity contribution is -0.140. The molecule has 0 spiro atoms. The first-order valence-corrected chi connectivity index (χ1v) is 6.59. The largest absolute Gasteiger partial charge is 0.469 e. The molecule has 0 N–H and O–H groups in total. The molecule has 0 aliphatic rings. The highest BCUT2D eigenvalue weighted by Gasteiger charge is 2.06. The van der Waals surface area contributed by atoms with Gasteiger partial charge in [0.15, 0.2) is 0 Å². The highest BCUT2D eigenvalue weighted by molar-refractivity contribution is 7.09. The average molecular weight is 262 g/mol. The molecule has 2 heterocycles. The Hall–Kier alpha value is -1.75. The number of hydrogen-bond acceptors (Lipinski definition) is 5. The van der Waals surface area contributed by atoms with Crippen LogP contribution in [0.25, 0.3) is 11.3 Å². The summed E-state index contributed by atoms with van der Waals surface area (Å²) >= 11 is 1.62. The van der Waals surface area contributed by atoms with E-state index >= 15 is 0 Å². The summed E-state index contributed by atoms with van der Waals surface area (Å²) in [5, 5.41) is 3.08. The average Bonchev–Trinajstić information content (AvgIpc) is 2.88. The van der Waals surface area contributed by atoms with Gasteiger partial charge in [-0.2, -0.15) is 0 Å². The van der Waals surface area contributed by atoms with Gasteiger partial charge in [0.1, 0.15) is 0 Å². The van der Waals surface area contributed by atoms with Crippen molar-refractivity contribution in [2.24, 2.45) is 0 Å². The Labute approximate surface area is 110 Å². The molecule has 18 heavy (non-hydrogen) atoms. The Balaban J connectivity index is 1.93. The van der Waals surface area contributed by atoms with Crippen molar-refractivity contribution in [2.75, 3.05) is 7.11 Å². The normalized spacial score (nSPS) is 10.3. The molecular formula is C13H14N2O2S. The van der Waals surface area contributed by atoms with E-state index in [9.17, 15) is 4.79 Å². The summed E-state index contributed by atoms with van der Waals surface area (Å²) in [6.07, 6.45) is 5.54. The van der Waals surface area contributed by atoms with Crippen LogP contribution >= 0.6 is 11.3 Å². The van der Waals surface area contributed by atoms with E-state index in [1.165, 1.54) is 7.11 Å². The molecule has 2 rings (SSSR count). The second-order valence-electron chi connectivity index (χ2n) is 3.79. The number of rotatable bonds is 5. The number of thiazole rings is 1. The molecule has 0 amide bonds. The van der Waals surface area contributed by atoms with Crippen LogP contribution in [0.15, 0.2) is 29.9 Å². The number of nitrogens with zero attached hydrogens (tertiary/aromatic N) is 2. The number of esters is 1. The number of ether oxygens (including phenoxy) is 1. The van der Waals surface area contributed by atoms with Gasteiger partial charge in [0, 0.05) is 29.8 Å². The molecule has 0 unspecified atom stereocenters. The number of aryl methyl sites for hydroxylation is 1. The van der Waals surface area contributed by atoms with Crippen LogP contribution in [0.3, 0.4) is 0 Å². The Morgan fingerprint density at radius 2 is 2.17 bits per heavy atom. The van der Waals surface area contributed by atoms with Gasteiger partial charge in [-0.05, 0) is 25.0 Å². The van der Waals surface area contributed by atoms with Crippen LogP contribution in [-0.4, -0.2) is 23.0 Å². The molecule has 0 aliphatic heterocycles. The molecule has 2 aromatic heterocycles. The summed E-state index contributed by atoms with van der Waals surface area (Å²) in [7, 11) is 1.41. The third-order valence-corrected chi connectivity index (χ3v) is 3.44. The van der Waals surface area contributed by atoms with Gasteiger partial charge >= 0.3 is 5.97 Å². The fraction of sp³-hybridized carbons (Fsp3) is 0.308. The van der Waals surface area contributed by atoms with E-state index < -0.39 is 0 Å². The van der Waals surface area contributed by atoms with E-state index in [1.54, 1.807) is 23.7 Å². The van der Waals surface area contributed by atoms with Gasteiger partial charge in [0.25, 0.3) is 0 Å². The predicted octanol–water partition coefficient (Wildman–Crippen LogP) is 2.70. The monoisotopic (exact) mass is 262 g/mol. The van der Waals surface area contributed by atoms with E-state index in [0.29, 0.717) is 6.42 Å². The van der Waals surface area contributed by atoms with Crippen molar-refractivity contribution in [1.29, 1.82) is 0 Å². The van der Waals surface area contributed by atoms with Gasteiger partial charge in [-0.25, -0.2) is 4.98 Å². The lowest BCUT2D eigenvalue weighted by Gasteiger charge is -1.97. The summed E-state index contributed by atoms with van der Waals surface area (Å²) in [6.45, 7) is 0. The zero-order valence-electron chi connectivity index (χ0n) is 10.1. The Bertz CT molecular complexity index is 511. The van der Waals surface area contributed by atoms with Crippen molar-refractivity contribution in [3.05, 3.63) is 34.9 Å². The van der Waals surface area contributed by atoms with Gasteiger partial charge in [-0.1, -0.05) is 0 Å². The maximum Gasteiger partial charge on any atom is 0.305 e. The zero-order chi connectivity index (χ0) is 12.8. The van der Waals surface area contributed by atoms with Crippen LogP contribution in [-0.2, 0) is 16.0 Å². The van der Waals surface area contributed by atoms with E-state index in [1.807, 2.05) is 17.5 Å². The minimum atomic E-state index is -0.166. The zero-order valence-corrected chi connectivity index (χ0v) is 10.9. The molecule has 0 bridgehead atoms. The SMILES string of the molecule is COC(=O)CCCc1nc(-c2ccncc2)cs1. The van der Waals surface area contributed by atoms with Crippen LogP contribution in [0.1, 0.15) is 17.8 Å². The van der Waals surface area contributed by atoms with Gasteiger partial charge in [-0.3, -0.25) is 9.78 Å². The third kappa shape index (κ3) is 3.37. The van der Waals surface area contributed by atoms with Crippen molar-refractivity contribution < 1.29 is 9.53 Å². The molecule has 0 radical (unpaired) electrons. The van der Waals surface area contributed by atoms with E-state index in [4.69, 9.17) is 0 Å². The van der Waals surface area contributed by atoms with Crippen LogP contribution in [0.4, 0.5) is 0 Å². The van der Waals surface area contributed by atoms with Crippen molar-refractivity contribution in [3.63, 3.8) is 0 Å². The summed E-state index contributed by atoms with van der Waals surface area (Å²) in [5.74, 6) is -0.166. The number of pyridine rings is 1. The number of methoxy groups -OCH3 is 1. The van der Waals surface area contributed by atoms with Crippen LogP contribution in [0.2, 0.25) is 0 Å². The summed E-state index contributed by atoms with van der Waals surface area (Å²) < 4.78 is 4.60. The lowest BCUT2D eigenvalue weighted by Crippen LogP contribution is -2.00. The standard InChI is InChI=1S/C13H14N2O2S/c1-17-13(16)4-2-3-12-15-11(9-18-12)10-5-7-14-8-6-10/h5-9H,2-4H2,1H3. The van der Waals surface area contributed by atoms with Gasteiger partial charge in [-0.15, -0.1) is 11.3 Å². The molecule has 0 saturated carbocycles. The molecule has 0 aliphatic carbocycles. The van der Waals surface area contributed by atoms with Gasteiger partial charge in [0.05, 0.1) is 17.8 Å². The molecule has 94 valence electrons. The van der Waals surface area contributed by atoms with E-state index in [0.717, 1.165) is 29.1 Å². The third-order valence-electron chi connectivity index (χ3n) is 2.53. The molecule has 0 aromatic carbocycles. The summed E-state index contributed by atoms with van der Waals surface area (Å²) in [6, 6.07) is 3.88. The highest BCUT2D eigenvalue weighted by Crippen LogP contribution is 2.22. The number of aromatic nitrogens is 2. The first-order valence-electron chi connectivity index (χ1n) is 5.71. The highest BCUT2D eigenvalue weighted by atomic mass is 32.1. The smallest absolute Gasteiger partial charge is 0.305 e. The van der Waals surface area contributed by atoms with Crippen molar-refractivity contribution in [1.82, 2.24) is 9.97 Å². The number of hydrogen-bond donors (Lipinski definition) is 0. The minimum Gasteiger partial charge on any atom is -0.469 e. The van der Waals surface area contributed by atoms with Crippen LogP contribution < -0.4 is 0 Å². The van der Waals surface area contributed by atoms with E-state index in [-0.39, 0.29) is 5.97 Å². The number of carbonyl (C=O) groups excluding carboxylic acids is 1. The first kappa shape index (κ1) is 12.7. The fourth-order valence-corrected chi connectivity index (χ4v) is 2.42. The fourth-order valence-electron chi connectivity index (χ4n) is 1.57. The van der Waals surface area contributed by atoms with Crippen LogP contribution in [0, 0.1) is 0 Å². The quantitative estimate of drug-likeness (QED) is 0.777. The maximum atomic E-state index is 11.0. The Morgan fingerprint density at radius 3 is 2.89 bits per heavy atom. The number of carbonyl (C=O) groups is 1. The summed E-state index contributed by atoms with van der Waals surface area (Å²) in [5.41, 5.74) is 2.04. The lowest BCUT2D eigenvalue weighted by atomic mass is 10.2. The second-order valence-corrected chi connectivity index (χ2v) is 4.73. The molecule has 0 atom stereocenters. The van der Waals surface area contributed by atoms with Gasteiger partial charge in [0.2, 0.25) is 0 Å². The van der Waals surface area contributed by atoms with Crippen molar-refractivity contribution in [2.45, 2.75) is 19.3 Å². The molecule has 0 fully saturated rings. The minimum absolute atomic E-state index is 0.166. The Kier molecular flexibility index (Phi) is 4.41. The molecule has 4 nitrogen and oxygen atoms in total. The molecule has 0 saturated heterocycles. The summed E-state index contributed by atoms with van der Waals surface area (Å²) in [4.78, 5) is 19.5. The van der Waals surface area contributed by atoms with E-state index in [2.05, 4.69) is 14.7 Å². The predicted molar refractivity (Wildman–Crippen MR) is 70.3 cm³/mol. The maximum absolute atomic E-state index is 11.0. The van der Waals surface area contributed by atoms with Crippen molar-refractivity contribution in [3.8, 4) is 11.3 Å². The molecule has 5 heteroatoms.